The lowest BCUT2D eigenvalue weighted by molar-refractivity contribution is -0.133. The van der Waals surface area contributed by atoms with Crippen LogP contribution >= 0.6 is 11.8 Å². The molecule has 0 spiro atoms. The molecule has 1 fully saturated rings. The molecule has 0 N–H and O–H groups in total. The van der Waals surface area contributed by atoms with Gasteiger partial charge in [0.05, 0.1) is 5.52 Å². The lowest BCUT2D eigenvalue weighted by Gasteiger charge is -2.34. The van der Waals surface area contributed by atoms with Crippen LogP contribution in [0, 0.1) is 6.92 Å². The summed E-state index contributed by atoms with van der Waals surface area (Å²) in [5.74, 6) is 2.61. The Labute approximate surface area is 254 Å². The standard InChI is InChI=1S/C33H34N6O3S/c1-23-6-4-7-24(18-23)21-39-27-9-3-2-8-26(27)31-32(39)34-33(36-35-31)43-17-5-10-30(40)38-15-13-37(14-16-38)20-25-11-12-28-29(19-25)42-22-41-28/h2-4,6-9,11-12,18-19H,5,10,13-17,20-22H2,1H3. The third-order valence-electron chi connectivity index (χ3n) is 8.11. The Morgan fingerprint density at radius 1 is 0.884 bits per heavy atom. The van der Waals surface area contributed by atoms with Crippen molar-refractivity contribution in [2.75, 3.05) is 38.7 Å². The highest BCUT2D eigenvalue weighted by Gasteiger charge is 2.22. The first-order chi connectivity index (χ1) is 21.1. The van der Waals surface area contributed by atoms with Gasteiger partial charge in [0, 0.05) is 56.8 Å². The molecule has 1 saturated heterocycles. The molecule has 5 aromatic rings. The van der Waals surface area contributed by atoms with Gasteiger partial charge in [0.25, 0.3) is 0 Å². The number of nitrogens with zero attached hydrogens (tertiary/aromatic N) is 6. The van der Waals surface area contributed by atoms with Gasteiger partial charge in [-0.25, -0.2) is 4.98 Å². The predicted octanol–water partition coefficient (Wildman–Crippen LogP) is 5.28. The van der Waals surface area contributed by atoms with E-state index >= 15 is 0 Å². The molecule has 4 heterocycles. The minimum Gasteiger partial charge on any atom is -0.454 e. The van der Waals surface area contributed by atoms with Crippen LogP contribution in [0.15, 0.2) is 71.9 Å². The Morgan fingerprint density at radius 2 is 1.72 bits per heavy atom. The number of carbonyl (C=O) groups is 1. The van der Waals surface area contributed by atoms with Gasteiger partial charge in [-0.1, -0.05) is 65.9 Å². The molecule has 0 unspecified atom stereocenters. The summed E-state index contributed by atoms with van der Waals surface area (Å²) >= 11 is 1.57. The molecule has 0 atom stereocenters. The van der Waals surface area contributed by atoms with Gasteiger partial charge in [-0.2, -0.15) is 0 Å². The number of carbonyl (C=O) groups excluding carboxylic acids is 1. The van der Waals surface area contributed by atoms with Gasteiger partial charge in [0.15, 0.2) is 17.1 Å². The Hall–Kier alpha value is -4.15. The summed E-state index contributed by atoms with van der Waals surface area (Å²) in [5.41, 5.74) is 6.43. The Balaban J connectivity index is 0.929. The van der Waals surface area contributed by atoms with Gasteiger partial charge >= 0.3 is 0 Å². The maximum Gasteiger partial charge on any atom is 0.231 e. The van der Waals surface area contributed by atoms with Crippen molar-refractivity contribution in [1.29, 1.82) is 0 Å². The lowest BCUT2D eigenvalue weighted by Crippen LogP contribution is -2.48. The average Bonchev–Trinajstić information content (AvgIpc) is 3.62. The van der Waals surface area contributed by atoms with E-state index in [0.29, 0.717) is 18.1 Å². The first-order valence-electron chi connectivity index (χ1n) is 14.8. The number of aryl methyl sites for hydroxylation is 1. The zero-order valence-electron chi connectivity index (χ0n) is 24.2. The van der Waals surface area contributed by atoms with E-state index in [4.69, 9.17) is 14.5 Å². The lowest BCUT2D eigenvalue weighted by atomic mass is 10.1. The van der Waals surface area contributed by atoms with Crippen LogP contribution in [-0.2, 0) is 17.9 Å². The van der Waals surface area contributed by atoms with E-state index in [1.54, 1.807) is 11.8 Å². The van der Waals surface area contributed by atoms with Crippen LogP contribution in [0.5, 0.6) is 11.5 Å². The number of thioether (sulfide) groups is 1. The smallest absolute Gasteiger partial charge is 0.231 e. The number of hydrogen-bond acceptors (Lipinski definition) is 8. The van der Waals surface area contributed by atoms with Gasteiger partial charge in [-0.05, 0) is 42.7 Å². The summed E-state index contributed by atoms with van der Waals surface area (Å²) in [6, 6.07) is 22.9. The van der Waals surface area contributed by atoms with Crippen LogP contribution in [0.2, 0.25) is 0 Å². The molecule has 3 aromatic carbocycles. The first-order valence-corrected chi connectivity index (χ1v) is 15.8. The minimum atomic E-state index is 0.219. The van der Waals surface area contributed by atoms with Gasteiger partial charge in [0.2, 0.25) is 17.9 Å². The van der Waals surface area contributed by atoms with E-state index in [-0.39, 0.29) is 12.7 Å². The number of amides is 1. The third kappa shape index (κ3) is 6.03. The van der Waals surface area contributed by atoms with Gasteiger partial charge < -0.3 is 18.9 Å². The minimum absolute atomic E-state index is 0.219. The second-order valence-corrected chi connectivity index (χ2v) is 12.2. The molecule has 2 aromatic heterocycles. The molecule has 0 radical (unpaired) electrons. The van der Waals surface area contributed by atoms with Gasteiger partial charge in [0.1, 0.15) is 5.52 Å². The van der Waals surface area contributed by atoms with Crippen LogP contribution < -0.4 is 9.47 Å². The van der Waals surface area contributed by atoms with Crippen molar-refractivity contribution in [3.63, 3.8) is 0 Å². The van der Waals surface area contributed by atoms with Crippen molar-refractivity contribution in [2.24, 2.45) is 0 Å². The first kappa shape index (κ1) is 27.7. The fourth-order valence-electron chi connectivity index (χ4n) is 5.90. The number of rotatable bonds is 9. The second kappa shape index (κ2) is 12.2. The molecule has 2 aliphatic rings. The van der Waals surface area contributed by atoms with E-state index in [2.05, 4.69) is 75.1 Å². The number of ether oxygens (including phenoxy) is 2. The highest BCUT2D eigenvalue weighted by Crippen LogP contribution is 2.33. The van der Waals surface area contributed by atoms with Crippen LogP contribution in [0.1, 0.15) is 29.5 Å². The zero-order valence-corrected chi connectivity index (χ0v) is 25.1. The molecule has 2 aliphatic heterocycles. The number of para-hydroxylation sites is 1. The number of hydrogen-bond donors (Lipinski definition) is 0. The van der Waals surface area contributed by atoms with E-state index < -0.39 is 0 Å². The molecule has 10 heteroatoms. The fourth-order valence-corrected chi connectivity index (χ4v) is 6.62. The number of aromatic nitrogens is 4. The second-order valence-electron chi connectivity index (χ2n) is 11.2. The summed E-state index contributed by atoms with van der Waals surface area (Å²) in [4.78, 5) is 22.3. The van der Waals surface area contributed by atoms with Crippen LogP contribution in [-0.4, -0.2) is 74.2 Å². The number of fused-ring (bicyclic) bond motifs is 4. The quantitative estimate of drug-likeness (QED) is 0.168. The molecule has 0 bridgehead atoms. The predicted molar refractivity (Wildman–Crippen MR) is 167 cm³/mol. The van der Waals surface area contributed by atoms with Crippen molar-refractivity contribution in [3.05, 3.63) is 83.4 Å². The third-order valence-corrected chi connectivity index (χ3v) is 9.04. The van der Waals surface area contributed by atoms with Crippen molar-refractivity contribution in [1.82, 2.24) is 29.5 Å². The van der Waals surface area contributed by atoms with Crippen molar-refractivity contribution in [3.8, 4) is 11.5 Å². The maximum absolute atomic E-state index is 12.9. The highest BCUT2D eigenvalue weighted by molar-refractivity contribution is 7.99. The molecule has 43 heavy (non-hydrogen) atoms. The normalized spacial score (nSPS) is 15.0. The molecule has 0 saturated carbocycles. The van der Waals surface area contributed by atoms with E-state index in [0.717, 1.165) is 78.5 Å². The van der Waals surface area contributed by atoms with E-state index in [9.17, 15) is 4.79 Å². The summed E-state index contributed by atoms with van der Waals surface area (Å²) in [6.45, 7) is 7.20. The monoisotopic (exact) mass is 594 g/mol. The largest absolute Gasteiger partial charge is 0.454 e. The van der Waals surface area contributed by atoms with Crippen molar-refractivity contribution >= 4 is 39.7 Å². The highest BCUT2D eigenvalue weighted by atomic mass is 32.2. The SMILES string of the molecule is Cc1cccc(Cn2c3ccccc3c3nnc(SCCCC(=O)N4CCN(Cc5ccc6c(c5)OCO6)CC4)nc32)c1. The molecule has 1 amide bonds. The molecule has 0 aliphatic carbocycles. The van der Waals surface area contributed by atoms with Gasteiger partial charge in [-0.3, -0.25) is 9.69 Å². The van der Waals surface area contributed by atoms with Crippen LogP contribution in [0.3, 0.4) is 0 Å². The van der Waals surface area contributed by atoms with Crippen LogP contribution in [0.25, 0.3) is 22.1 Å². The molecule has 9 nitrogen and oxygen atoms in total. The fraction of sp³-hybridized carbons (Fsp3) is 0.333. The van der Waals surface area contributed by atoms with E-state index in [1.807, 2.05) is 23.1 Å². The van der Waals surface area contributed by atoms with Gasteiger partial charge in [-0.15, -0.1) is 10.2 Å². The number of benzene rings is 3. The molecule has 7 rings (SSSR count). The average molecular weight is 595 g/mol. The molecular formula is C33H34N6O3S. The number of piperazine rings is 1. The molecular weight excluding hydrogens is 560 g/mol. The zero-order chi connectivity index (χ0) is 29.2. The topological polar surface area (TPSA) is 85.6 Å². The Bertz CT molecular complexity index is 1780. The Kier molecular flexibility index (Phi) is 7.86. The van der Waals surface area contributed by atoms with E-state index in [1.165, 1.54) is 16.7 Å². The maximum atomic E-state index is 12.9. The molecule has 220 valence electrons. The van der Waals surface area contributed by atoms with Crippen molar-refractivity contribution < 1.29 is 14.3 Å². The van der Waals surface area contributed by atoms with Crippen molar-refractivity contribution in [2.45, 2.75) is 38.0 Å². The summed E-state index contributed by atoms with van der Waals surface area (Å²) in [7, 11) is 0. The van der Waals surface area contributed by atoms with Crippen LogP contribution in [0.4, 0.5) is 0 Å². The summed E-state index contributed by atoms with van der Waals surface area (Å²) in [5, 5.41) is 10.7. The Morgan fingerprint density at radius 3 is 2.60 bits per heavy atom. The summed E-state index contributed by atoms with van der Waals surface area (Å²) < 4.78 is 13.1. The summed E-state index contributed by atoms with van der Waals surface area (Å²) in [6.07, 6.45) is 1.30.